The Morgan fingerprint density at radius 3 is 2.50 bits per heavy atom. The topological polar surface area (TPSA) is 16.1 Å². The molecule has 2 nitrogen and oxygen atoms in total. The van der Waals surface area contributed by atoms with E-state index < -0.39 is 0 Å². The van der Waals surface area contributed by atoms with Crippen molar-refractivity contribution in [3.8, 4) is 0 Å². The third kappa shape index (κ3) is 1.50. The molecule has 2 radical (unpaired) electrons. The second-order valence-corrected chi connectivity index (χ2v) is 2.37. The Morgan fingerprint density at radius 1 is 1.40 bits per heavy atom. The number of anilines is 1. The maximum absolute atomic E-state index is 5.51. The Labute approximate surface area is 62.3 Å². The van der Waals surface area contributed by atoms with E-state index in [0.717, 1.165) is 5.69 Å². The highest BCUT2D eigenvalue weighted by molar-refractivity contribution is 6.32. The van der Waals surface area contributed by atoms with Crippen LogP contribution < -0.4 is 10.4 Å². The van der Waals surface area contributed by atoms with Gasteiger partial charge in [0.25, 0.3) is 0 Å². The van der Waals surface area contributed by atoms with Crippen LogP contribution in [0.5, 0.6) is 0 Å². The minimum atomic E-state index is 0.700. The average molecular weight is 132 g/mol. The van der Waals surface area contributed by atoms with E-state index in [-0.39, 0.29) is 0 Å². The van der Waals surface area contributed by atoms with Crippen molar-refractivity contribution >= 4 is 19.0 Å². The maximum Gasteiger partial charge on any atom is 0.116 e. The number of hydrogen-bond donors (Lipinski definition) is 0. The molecular formula is C7H9BN2. The Morgan fingerprint density at radius 2 is 2.10 bits per heavy atom. The monoisotopic (exact) mass is 132 g/mol. The highest BCUT2D eigenvalue weighted by Crippen LogP contribution is 2.03. The van der Waals surface area contributed by atoms with E-state index in [0.29, 0.717) is 5.46 Å². The van der Waals surface area contributed by atoms with Gasteiger partial charge in [0.05, 0.1) is 11.9 Å². The van der Waals surface area contributed by atoms with Gasteiger partial charge >= 0.3 is 0 Å². The van der Waals surface area contributed by atoms with Crippen molar-refractivity contribution in [1.82, 2.24) is 4.98 Å². The molecule has 0 aromatic carbocycles. The third-order valence-electron chi connectivity index (χ3n) is 1.26. The maximum atomic E-state index is 5.51. The van der Waals surface area contributed by atoms with E-state index in [2.05, 4.69) is 4.98 Å². The van der Waals surface area contributed by atoms with Gasteiger partial charge in [-0.05, 0) is 6.07 Å². The number of hydrogen-bond acceptors (Lipinski definition) is 2. The van der Waals surface area contributed by atoms with E-state index in [1.807, 2.05) is 25.1 Å². The summed E-state index contributed by atoms with van der Waals surface area (Å²) in [5.41, 5.74) is 1.73. The van der Waals surface area contributed by atoms with Crippen molar-refractivity contribution < 1.29 is 0 Å². The molecule has 0 aliphatic rings. The predicted octanol–water partition coefficient (Wildman–Crippen LogP) is -0.0586. The Bertz CT molecular complexity index is 223. The summed E-state index contributed by atoms with van der Waals surface area (Å²) in [6, 6.07) is 1.88. The van der Waals surface area contributed by atoms with E-state index in [4.69, 9.17) is 7.85 Å². The number of nitrogens with zero attached hydrogens (tertiary/aromatic N) is 2. The summed E-state index contributed by atoms with van der Waals surface area (Å²) < 4.78 is 0. The SMILES string of the molecule is [B]c1cncc(N(C)C)c1. The van der Waals surface area contributed by atoms with Crippen molar-refractivity contribution in [2.24, 2.45) is 0 Å². The zero-order valence-corrected chi connectivity index (χ0v) is 6.20. The minimum Gasteiger partial charge on any atom is -0.376 e. The van der Waals surface area contributed by atoms with Crippen LogP contribution >= 0.6 is 0 Å². The molecule has 0 atom stereocenters. The molecule has 0 amide bonds. The first-order valence-corrected chi connectivity index (χ1v) is 3.08. The van der Waals surface area contributed by atoms with Crippen LogP contribution in [-0.2, 0) is 0 Å². The quantitative estimate of drug-likeness (QED) is 0.497. The molecule has 0 saturated heterocycles. The van der Waals surface area contributed by atoms with E-state index in [1.165, 1.54) is 0 Å². The molecule has 3 heteroatoms. The molecule has 0 fully saturated rings. The largest absolute Gasteiger partial charge is 0.376 e. The normalized spacial score (nSPS) is 9.40. The van der Waals surface area contributed by atoms with Gasteiger partial charge in [-0.2, -0.15) is 0 Å². The van der Waals surface area contributed by atoms with Crippen LogP contribution in [0.2, 0.25) is 0 Å². The second kappa shape index (κ2) is 2.73. The fourth-order valence-electron chi connectivity index (χ4n) is 0.690. The molecule has 1 heterocycles. The van der Waals surface area contributed by atoms with Gasteiger partial charge in [0.2, 0.25) is 0 Å². The summed E-state index contributed by atoms with van der Waals surface area (Å²) in [7, 11) is 9.42. The summed E-state index contributed by atoms with van der Waals surface area (Å²) in [6.45, 7) is 0. The lowest BCUT2D eigenvalue weighted by Gasteiger charge is -2.11. The van der Waals surface area contributed by atoms with Crippen LogP contribution in [0.25, 0.3) is 0 Å². The van der Waals surface area contributed by atoms with E-state index >= 15 is 0 Å². The van der Waals surface area contributed by atoms with Crippen molar-refractivity contribution in [2.45, 2.75) is 0 Å². The highest BCUT2D eigenvalue weighted by atomic mass is 15.1. The minimum absolute atomic E-state index is 0.700. The second-order valence-electron chi connectivity index (χ2n) is 2.37. The van der Waals surface area contributed by atoms with Gasteiger partial charge in [0, 0.05) is 20.3 Å². The zero-order valence-electron chi connectivity index (χ0n) is 6.20. The summed E-state index contributed by atoms with van der Waals surface area (Å²) in [5, 5.41) is 0. The average Bonchev–Trinajstić information content (AvgIpc) is 1.88. The van der Waals surface area contributed by atoms with Crippen molar-refractivity contribution in [2.75, 3.05) is 19.0 Å². The molecule has 0 spiro atoms. The summed E-state index contributed by atoms with van der Waals surface area (Å²) in [5.74, 6) is 0. The highest BCUT2D eigenvalue weighted by Gasteiger charge is 1.92. The van der Waals surface area contributed by atoms with Crippen LogP contribution in [0.1, 0.15) is 0 Å². The van der Waals surface area contributed by atoms with Crippen LogP contribution in [0.3, 0.4) is 0 Å². The van der Waals surface area contributed by atoms with Crippen LogP contribution in [0.4, 0.5) is 5.69 Å². The molecule has 0 saturated carbocycles. The van der Waals surface area contributed by atoms with Crippen molar-refractivity contribution in [1.29, 1.82) is 0 Å². The Balaban J connectivity index is 2.96. The fourth-order valence-corrected chi connectivity index (χ4v) is 0.690. The number of rotatable bonds is 1. The van der Waals surface area contributed by atoms with Gasteiger partial charge in [-0.1, -0.05) is 5.46 Å². The van der Waals surface area contributed by atoms with Crippen LogP contribution in [0, 0.1) is 0 Å². The number of pyridine rings is 1. The van der Waals surface area contributed by atoms with Crippen LogP contribution in [0.15, 0.2) is 18.5 Å². The van der Waals surface area contributed by atoms with E-state index in [1.54, 1.807) is 12.4 Å². The molecule has 1 rings (SSSR count). The van der Waals surface area contributed by atoms with Gasteiger partial charge < -0.3 is 4.90 Å². The molecule has 1 aromatic heterocycles. The molecule has 50 valence electrons. The third-order valence-corrected chi connectivity index (χ3v) is 1.26. The zero-order chi connectivity index (χ0) is 7.56. The summed E-state index contributed by atoms with van der Waals surface area (Å²) in [4.78, 5) is 5.90. The molecule has 10 heavy (non-hydrogen) atoms. The fraction of sp³-hybridized carbons (Fsp3) is 0.286. The first-order chi connectivity index (χ1) is 4.70. The van der Waals surface area contributed by atoms with Crippen LogP contribution in [-0.4, -0.2) is 26.9 Å². The van der Waals surface area contributed by atoms with Gasteiger partial charge in [-0.15, -0.1) is 0 Å². The molecule has 0 aliphatic carbocycles. The van der Waals surface area contributed by atoms with Gasteiger partial charge in [0.15, 0.2) is 0 Å². The van der Waals surface area contributed by atoms with E-state index in [9.17, 15) is 0 Å². The first kappa shape index (κ1) is 7.13. The standard InChI is InChI=1S/C7H9BN2/c1-10(2)7-3-6(8)4-9-5-7/h3-5H,1-2H3. The smallest absolute Gasteiger partial charge is 0.116 e. The van der Waals surface area contributed by atoms with Crippen molar-refractivity contribution in [3.05, 3.63) is 18.5 Å². The Hall–Kier alpha value is -0.985. The molecule has 1 aromatic rings. The molecule has 0 aliphatic heterocycles. The molecule has 0 unspecified atom stereocenters. The lowest BCUT2D eigenvalue weighted by Crippen LogP contribution is -2.12. The summed E-state index contributed by atoms with van der Waals surface area (Å²) >= 11 is 0. The summed E-state index contributed by atoms with van der Waals surface area (Å²) in [6.07, 6.45) is 3.41. The molecule has 0 bridgehead atoms. The predicted molar refractivity (Wildman–Crippen MR) is 44.0 cm³/mol. The Kier molecular flexibility index (Phi) is 1.95. The van der Waals surface area contributed by atoms with Crippen molar-refractivity contribution in [3.63, 3.8) is 0 Å². The van der Waals surface area contributed by atoms with Gasteiger partial charge in [-0.25, -0.2) is 0 Å². The van der Waals surface area contributed by atoms with Gasteiger partial charge in [0.1, 0.15) is 7.85 Å². The number of aromatic nitrogens is 1. The lowest BCUT2D eigenvalue weighted by atomic mass is 9.98. The molecule has 0 N–H and O–H groups in total. The molecular weight excluding hydrogens is 123 g/mol. The first-order valence-electron chi connectivity index (χ1n) is 3.08. The lowest BCUT2D eigenvalue weighted by molar-refractivity contribution is 1.11. The van der Waals surface area contributed by atoms with Gasteiger partial charge in [-0.3, -0.25) is 4.98 Å².